The fourth-order valence-corrected chi connectivity index (χ4v) is 1.60. The van der Waals surface area contributed by atoms with Gasteiger partial charge in [0.15, 0.2) is 0 Å². The SMILES string of the molecule is [2H][C@@]1(C)C=C[C@H](C(C)(C)Cl)CC1. The maximum Gasteiger partial charge on any atom is 0.0453 e. The van der Waals surface area contributed by atoms with E-state index in [0.717, 1.165) is 12.8 Å². The van der Waals surface area contributed by atoms with Crippen molar-refractivity contribution in [3.63, 3.8) is 0 Å². The van der Waals surface area contributed by atoms with Gasteiger partial charge in [0.2, 0.25) is 0 Å². The van der Waals surface area contributed by atoms with Crippen LogP contribution in [0.15, 0.2) is 12.2 Å². The first-order chi connectivity index (χ1) is 5.31. The maximum atomic E-state index is 7.79. The Balaban J connectivity index is 2.67. The summed E-state index contributed by atoms with van der Waals surface area (Å²) in [4.78, 5) is -0.160. The molecule has 0 aromatic carbocycles. The van der Waals surface area contributed by atoms with Crippen molar-refractivity contribution in [2.24, 2.45) is 11.8 Å². The molecule has 0 aromatic rings. The highest BCUT2D eigenvalue weighted by Crippen LogP contribution is 2.33. The van der Waals surface area contributed by atoms with Crippen molar-refractivity contribution in [2.75, 3.05) is 0 Å². The lowest BCUT2D eigenvalue weighted by Crippen LogP contribution is -2.25. The Morgan fingerprint density at radius 1 is 1.45 bits per heavy atom. The molecule has 0 heterocycles. The lowest BCUT2D eigenvalue weighted by molar-refractivity contribution is 0.406. The molecule has 0 unspecified atom stereocenters. The molecule has 1 heteroatoms. The third-order valence-corrected chi connectivity index (χ3v) is 2.62. The van der Waals surface area contributed by atoms with E-state index in [0.29, 0.717) is 5.92 Å². The molecule has 0 aliphatic heterocycles. The van der Waals surface area contributed by atoms with E-state index < -0.39 is 0 Å². The molecule has 0 nitrogen and oxygen atoms in total. The van der Waals surface area contributed by atoms with E-state index in [2.05, 4.69) is 6.08 Å². The molecule has 0 bridgehead atoms. The summed E-state index contributed by atoms with van der Waals surface area (Å²) < 4.78 is 7.79. The minimum Gasteiger partial charge on any atom is -0.119 e. The summed E-state index contributed by atoms with van der Waals surface area (Å²) in [5.41, 5.74) is 0. The lowest BCUT2D eigenvalue weighted by atomic mass is 9.83. The minimum absolute atomic E-state index is 0.160. The van der Waals surface area contributed by atoms with Gasteiger partial charge in [0.25, 0.3) is 0 Å². The van der Waals surface area contributed by atoms with Gasteiger partial charge in [-0.25, -0.2) is 0 Å². The van der Waals surface area contributed by atoms with Gasteiger partial charge in [-0.1, -0.05) is 19.1 Å². The summed E-state index contributed by atoms with van der Waals surface area (Å²) in [7, 11) is 0. The van der Waals surface area contributed by atoms with Crippen molar-refractivity contribution in [2.45, 2.75) is 38.5 Å². The lowest BCUT2D eigenvalue weighted by Gasteiger charge is -2.29. The van der Waals surface area contributed by atoms with Crippen LogP contribution in [0.4, 0.5) is 0 Å². The molecular weight excluding hydrogens is 156 g/mol. The Morgan fingerprint density at radius 3 is 2.45 bits per heavy atom. The predicted octanol–water partition coefficient (Wildman–Crippen LogP) is 3.61. The first-order valence-electron chi connectivity index (χ1n) is 4.69. The highest BCUT2D eigenvalue weighted by Gasteiger charge is 2.26. The molecule has 0 saturated heterocycles. The van der Waals surface area contributed by atoms with E-state index in [4.69, 9.17) is 13.0 Å². The van der Waals surface area contributed by atoms with E-state index in [1.165, 1.54) is 0 Å². The molecule has 1 rings (SSSR count). The van der Waals surface area contributed by atoms with Crippen LogP contribution in [0.5, 0.6) is 0 Å². The van der Waals surface area contributed by atoms with Crippen molar-refractivity contribution in [1.82, 2.24) is 0 Å². The number of halogens is 1. The zero-order chi connectivity index (χ0) is 9.41. The van der Waals surface area contributed by atoms with Gasteiger partial charge in [-0.15, -0.1) is 11.6 Å². The van der Waals surface area contributed by atoms with Crippen molar-refractivity contribution >= 4 is 11.6 Å². The van der Waals surface area contributed by atoms with Gasteiger partial charge < -0.3 is 0 Å². The second-order valence-corrected chi connectivity index (χ2v) is 4.89. The molecule has 64 valence electrons. The van der Waals surface area contributed by atoms with Gasteiger partial charge in [0, 0.05) is 6.24 Å². The molecule has 0 aromatic heterocycles. The average Bonchev–Trinajstić information content (AvgIpc) is 1.83. The van der Waals surface area contributed by atoms with Crippen LogP contribution in [0.25, 0.3) is 0 Å². The molecule has 0 N–H and O–H groups in total. The highest BCUT2D eigenvalue weighted by molar-refractivity contribution is 6.23. The summed E-state index contributed by atoms with van der Waals surface area (Å²) in [5.74, 6) is 0.0659. The van der Waals surface area contributed by atoms with E-state index in [9.17, 15) is 0 Å². The third-order valence-electron chi connectivity index (χ3n) is 2.34. The van der Waals surface area contributed by atoms with E-state index >= 15 is 0 Å². The van der Waals surface area contributed by atoms with Crippen molar-refractivity contribution in [1.29, 1.82) is 0 Å². The Kier molecular flexibility index (Phi) is 2.22. The van der Waals surface area contributed by atoms with E-state index in [1.54, 1.807) is 0 Å². The normalized spacial score (nSPS) is 40.4. The molecule has 2 atom stereocenters. The van der Waals surface area contributed by atoms with Crippen LogP contribution in [-0.4, -0.2) is 4.87 Å². The fourth-order valence-electron chi connectivity index (χ4n) is 1.42. The molecule has 0 fully saturated rings. The second kappa shape index (κ2) is 3.18. The Morgan fingerprint density at radius 2 is 2.09 bits per heavy atom. The fraction of sp³-hybridized carbons (Fsp3) is 0.800. The second-order valence-electron chi connectivity index (χ2n) is 3.92. The highest BCUT2D eigenvalue weighted by atomic mass is 35.5. The first-order valence-corrected chi connectivity index (χ1v) is 4.57. The Hall–Kier alpha value is 0.0300. The zero-order valence-electron chi connectivity index (χ0n) is 8.52. The molecule has 0 spiro atoms. The van der Waals surface area contributed by atoms with E-state index in [1.807, 2.05) is 26.8 Å². The molecule has 0 radical (unpaired) electrons. The van der Waals surface area contributed by atoms with Gasteiger partial charge in [0.1, 0.15) is 0 Å². The summed E-state index contributed by atoms with van der Waals surface area (Å²) >= 11 is 6.19. The molecule has 1 aliphatic rings. The summed E-state index contributed by atoms with van der Waals surface area (Å²) in [6.07, 6.45) is 6.03. The molecule has 0 amide bonds. The van der Waals surface area contributed by atoms with Gasteiger partial charge in [-0.3, -0.25) is 0 Å². The molecule has 0 saturated carbocycles. The largest absolute Gasteiger partial charge is 0.119 e. The van der Waals surface area contributed by atoms with Crippen molar-refractivity contribution < 1.29 is 1.37 Å². The zero-order valence-corrected chi connectivity index (χ0v) is 8.28. The standard InChI is InChI=1S/C10H17Cl/c1-8-4-6-9(7-5-8)10(2,3)11/h4,6,8-9H,5,7H2,1-3H3/t8-,9+/m1/s1/i8D. The topological polar surface area (TPSA) is 0 Å². The van der Waals surface area contributed by atoms with Crippen LogP contribution < -0.4 is 0 Å². The van der Waals surface area contributed by atoms with Crippen molar-refractivity contribution in [3.05, 3.63) is 12.2 Å². The summed E-state index contributed by atoms with van der Waals surface area (Å²) in [6.45, 7) is 6.02. The molecule has 11 heavy (non-hydrogen) atoms. The predicted molar refractivity (Wildman–Crippen MR) is 51.0 cm³/mol. The maximum absolute atomic E-state index is 7.79. The van der Waals surface area contributed by atoms with Crippen LogP contribution in [0.1, 0.15) is 35.0 Å². The number of rotatable bonds is 1. The van der Waals surface area contributed by atoms with Gasteiger partial charge >= 0.3 is 0 Å². The van der Waals surface area contributed by atoms with Crippen LogP contribution in [-0.2, 0) is 0 Å². The number of hydrogen-bond donors (Lipinski definition) is 0. The third kappa shape index (κ3) is 2.52. The molecular formula is C10H17Cl. The molecule has 1 aliphatic carbocycles. The first kappa shape index (κ1) is 7.67. The van der Waals surface area contributed by atoms with Gasteiger partial charge in [0.05, 0.1) is 0 Å². The Bertz CT molecular complexity index is 189. The monoisotopic (exact) mass is 173 g/mol. The number of allylic oxidation sites excluding steroid dienone is 2. The summed E-state index contributed by atoms with van der Waals surface area (Å²) in [6, 6.07) is 0. The van der Waals surface area contributed by atoms with Gasteiger partial charge in [-0.2, -0.15) is 0 Å². The van der Waals surface area contributed by atoms with Gasteiger partial charge in [-0.05, 0) is 38.5 Å². The quantitative estimate of drug-likeness (QED) is 0.420. The van der Waals surface area contributed by atoms with Crippen LogP contribution in [0, 0.1) is 11.8 Å². The van der Waals surface area contributed by atoms with Crippen LogP contribution >= 0.6 is 11.6 Å². The van der Waals surface area contributed by atoms with Crippen LogP contribution in [0.3, 0.4) is 0 Å². The van der Waals surface area contributed by atoms with Crippen molar-refractivity contribution in [3.8, 4) is 0 Å². The summed E-state index contributed by atoms with van der Waals surface area (Å²) in [5, 5.41) is 0. The smallest absolute Gasteiger partial charge is 0.0453 e. The van der Waals surface area contributed by atoms with Crippen LogP contribution in [0.2, 0.25) is 0 Å². The number of hydrogen-bond acceptors (Lipinski definition) is 0. The minimum atomic E-state index is -0.362. The average molecular weight is 174 g/mol. The van der Waals surface area contributed by atoms with E-state index in [-0.39, 0.29) is 10.8 Å². The number of alkyl halides is 1. The Labute approximate surface area is 76.0 Å².